The van der Waals surface area contributed by atoms with Crippen LogP contribution < -0.4 is 0 Å². The van der Waals surface area contributed by atoms with E-state index in [0.717, 1.165) is 9.80 Å². The van der Waals surface area contributed by atoms with Crippen LogP contribution in [-0.4, -0.2) is 46.0 Å². The van der Waals surface area contributed by atoms with E-state index in [1.165, 1.54) is 26.0 Å². The molecule has 0 bridgehead atoms. The van der Waals surface area contributed by atoms with Crippen molar-refractivity contribution in [1.29, 1.82) is 0 Å². The molecule has 9 nitrogen and oxygen atoms in total. The summed E-state index contributed by atoms with van der Waals surface area (Å²) in [5, 5.41) is 3.41. The number of rotatable bonds is 2. The van der Waals surface area contributed by atoms with Gasteiger partial charge in [0.05, 0.1) is 5.69 Å². The van der Waals surface area contributed by atoms with Gasteiger partial charge in [-0.25, -0.2) is 0 Å². The summed E-state index contributed by atoms with van der Waals surface area (Å²) in [7, 11) is 0. The fourth-order valence-corrected chi connectivity index (χ4v) is 2.32. The van der Waals surface area contributed by atoms with Gasteiger partial charge in [0.25, 0.3) is 11.8 Å². The minimum absolute atomic E-state index is 0.00887. The van der Waals surface area contributed by atoms with Crippen LogP contribution in [0.3, 0.4) is 0 Å². The van der Waals surface area contributed by atoms with E-state index in [1.807, 2.05) is 0 Å². The quantitative estimate of drug-likeness (QED) is 0.354. The maximum absolute atomic E-state index is 12.6. The summed E-state index contributed by atoms with van der Waals surface area (Å²) in [5.41, 5.74) is 8.61. The van der Waals surface area contributed by atoms with Crippen molar-refractivity contribution in [1.82, 2.24) is 9.80 Å². The lowest BCUT2D eigenvalue weighted by Gasteiger charge is -2.36. The van der Waals surface area contributed by atoms with Gasteiger partial charge in [-0.3, -0.25) is 29.0 Å². The molecule has 0 spiro atoms. The molecule has 1 saturated heterocycles. The average Bonchev–Trinajstić information content (AvgIpc) is 2.51. The molecule has 0 aliphatic carbocycles. The highest BCUT2D eigenvalue weighted by atomic mass is 16.2. The summed E-state index contributed by atoms with van der Waals surface area (Å²) in [5.74, 6) is -2.61. The van der Waals surface area contributed by atoms with E-state index in [9.17, 15) is 19.2 Å². The van der Waals surface area contributed by atoms with Gasteiger partial charge in [0.2, 0.25) is 11.8 Å². The summed E-state index contributed by atoms with van der Waals surface area (Å²) in [6, 6.07) is 4.83. The molecule has 0 aromatic heterocycles. The molecule has 4 amide bonds. The summed E-state index contributed by atoms with van der Waals surface area (Å²) in [4.78, 5) is 52.6. The summed E-state index contributed by atoms with van der Waals surface area (Å²) >= 11 is 0. The Balaban J connectivity index is 2.40. The molecule has 1 aliphatic heterocycles. The van der Waals surface area contributed by atoms with Crippen molar-refractivity contribution in [3.05, 3.63) is 40.3 Å². The van der Waals surface area contributed by atoms with E-state index in [1.54, 1.807) is 12.1 Å². The first kappa shape index (κ1) is 16.2. The van der Waals surface area contributed by atoms with E-state index in [2.05, 4.69) is 10.0 Å². The number of carbonyl (C=O) groups excluding carboxylic acids is 4. The molecule has 1 aromatic carbocycles. The molecular weight excluding hydrogens is 302 g/mol. The maximum atomic E-state index is 12.6. The molecule has 1 aromatic rings. The number of carbonyl (C=O) groups is 4. The number of nitrogens with zero attached hydrogens (tertiary/aromatic N) is 5. The molecule has 9 heteroatoms. The molecule has 0 saturated carbocycles. The minimum atomic E-state index is -1.12. The summed E-state index contributed by atoms with van der Waals surface area (Å²) in [6.45, 7) is 2.05. The second-order valence-corrected chi connectivity index (χ2v) is 4.89. The third kappa shape index (κ3) is 2.90. The highest BCUT2D eigenvalue weighted by molar-refractivity contribution is 6.14. The molecule has 1 fully saturated rings. The topological polar surface area (TPSA) is 124 Å². The molecule has 0 unspecified atom stereocenters. The Labute approximate surface area is 131 Å². The molecule has 23 heavy (non-hydrogen) atoms. The molecule has 0 N–H and O–H groups in total. The predicted molar refractivity (Wildman–Crippen MR) is 78.3 cm³/mol. The Kier molecular flexibility index (Phi) is 4.42. The lowest BCUT2D eigenvalue weighted by atomic mass is 10.1. The number of hydrogen-bond donors (Lipinski definition) is 0. The van der Waals surface area contributed by atoms with E-state index < -0.39 is 36.2 Å². The standard InChI is InChI=1S/C14H13N5O4/c1-8-13(22)18(9(2)20)7-12(21)19(8)14(23)10-5-3-4-6-11(10)16-17-15/h3-6,8H,7H2,1-2H3/t8-/m0/s1. The monoisotopic (exact) mass is 315 g/mol. The zero-order chi connectivity index (χ0) is 17.1. The number of benzene rings is 1. The van der Waals surface area contributed by atoms with E-state index in [0.29, 0.717) is 0 Å². The fourth-order valence-electron chi connectivity index (χ4n) is 2.32. The minimum Gasteiger partial charge on any atom is -0.275 e. The van der Waals surface area contributed by atoms with Gasteiger partial charge >= 0.3 is 0 Å². The zero-order valence-electron chi connectivity index (χ0n) is 12.5. The predicted octanol–water partition coefficient (Wildman–Crippen LogP) is 1.37. The first-order chi connectivity index (χ1) is 10.9. The van der Waals surface area contributed by atoms with Crippen LogP contribution in [0.4, 0.5) is 5.69 Å². The van der Waals surface area contributed by atoms with Gasteiger partial charge in [0.1, 0.15) is 12.6 Å². The molecule has 1 atom stereocenters. The van der Waals surface area contributed by atoms with Gasteiger partial charge in [-0.1, -0.05) is 23.3 Å². The van der Waals surface area contributed by atoms with E-state index in [4.69, 9.17) is 5.53 Å². The van der Waals surface area contributed by atoms with Gasteiger partial charge in [-0.15, -0.1) is 0 Å². The summed E-state index contributed by atoms with van der Waals surface area (Å²) < 4.78 is 0. The molecular formula is C14H13N5O4. The normalized spacial score (nSPS) is 17.7. The van der Waals surface area contributed by atoms with Crippen LogP contribution in [0, 0.1) is 0 Å². The smallest absolute Gasteiger partial charge is 0.261 e. The Hall–Kier alpha value is -3.19. The Bertz CT molecular complexity index is 753. The van der Waals surface area contributed by atoms with Crippen molar-refractivity contribution in [2.24, 2.45) is 5.11 Å². The molecule has 1 aliphatic rings. The van der Waals surface area contributed by atoms with Crippen LogP contribution >= 0.6 is 0 Å². The second kappa shape index (κ2) is 6.29. The molecule has 118 valence electrons. The van der Waals surface area contributed by atoms with Crippen molar-refractivity contribution in [2.75, 3.05) is 6.54 Å². The number of imide groups is 2. The Morgan fingerprint density at radius 2 is 1.96 bits per heavy atom. The lowest BCUT2D eigenvalue weighted by molar-refractivity contribution is -0.158. The molecule has 1 heterocycles. The number of piperazine rings is 1. The SMILES string of the molecule is CC(=O)N1CC(=O)N(C(=O)c2ccccc2N=[N+]=[N-])[C@@H](C)C1=O. The van der Waals surface area contributed by atoms with Crippen LogP contribution in [-0.2, 0) is 14.4 Å². The van der Waals surface area contributed by atoms with Crippen LogP contribution in [0.5, 0.6) is 0 Å². The zero-order valence-corrected chi connectivity index (χ0v) is 12.5. The number of amides is 4. The Morgan fingerprint density at radius 1 is 1.30 bits per heavy atom. The number of azide groups is 1. The number of hydrogen-bond acceptors (Lipinski definition) is 5. The summed E-state index contributed by atoms with van der Waals surface area (Å²) in [6.07, 6.45) is 0. The van der Waals surface area contributed by atoms with Gasteiger partial charge in [0.15, 0.2) is 0 Å². The molecule has 0 radical (unpaired) electrons. The van der Waals surface area contributed by atoms with Crippen LogP contribution in [0.2, 0.25) is 0 Å². The van der Waals surface area contributed by atoms with Crippen LogP contribution in [0.15, 0.2) is 29.4 Å². The van der Waals surface area contributed by atoms with Crippen molar-refractivity contribution < 1.29 is 19.2 Å². The molecule has 2 rings (SSSR count). The van der Waals surface area contributed by atoms with Crippen LogP contribution in [0.25, 0.3) is 10.4 Å². The first-order valence-corrected chi connectivity index (χ1v) is 6.71. The largest absolute Gasteiger partial charge is 0.275 e. The van der Waals surface area contributed by atoms with Gasteiger partial charge < -0.3 is 0 Å². The fraction of sp³-hybridized carbons (Fsp3) is 0.286. The van der Waals surface area contributed by atoms with Crippen molar-refractivity contribution in [2.45, 2.75) is 19.9 Å². The van der Waals surface area contributed by atoms with Crippen molar-refractivity contribution in [3.8, 4) is 0 Å². The Morgan fingerprint density at radius 3 is 2.57 bits per heavy atom. The third-order valence-corrected chi connectivity index (χ3v) is 3.46. The highest BCUT2D eigenvalue weighted by Gasteiger charge is 2.42. The lowest BCUT2D eigenvalue weighted by Crippen LogP contribution is -2.61. The highest BCUT2D eigenvalue weighted by Crippen LogP contribution is 2.23. The van der Waals surface area contributed by atoms with Gasteiger partial charge in [0, 0.05) is 17.4 Å². The maximum Gasteiger partial charge on any atom is 0.261 e. The first-order valence-electron chi connectivity index (χ1n) is 6.71. The third-order valence-electron chi connectivity index (χ3n) is 3.46. The van der Waals surface area contributed by atoms with Crippen LogP contribution in [0.1, 0.15) is 24.2 Å². The van der Waals surface area contributed by atoms with E-state index in [-0.39, 0.29) is 11.3 Å². The second-order valence-electron chi connectivity index (χ2n) is 4.89. The van der Waals surface area contributed by atoms with E-state index >= 15 is 0 Å². The van der Waals surface area contributed by atoms with Crippen molar-refractivity contribution >= 4 is 29.3 Å². The van der Waals surface area contributed by atoms with Gasteiger partial charge in [-0.2, -0.15) is 0 Å². The average molecular weight is 315 g/mol. The van der Waals surface area contributed by atoms with Crippen molar-refractivity contribution in [3.63, 3.8) is 0 Å². The van der Waals surface area contributed by atoms with Gasteiger partial charge in [-0.05, 0) is 18.5 Å².